The van der Waals surface area contributed by atoms with Gasteiger partial charge in [0.1, 0.15) is 0 Å². The molecule has 1 aliphatic rings. The lowest BCUT2D eigenvalue weighted by Crippen LogP contribution is -2.41. The summed E-state index contributed by atoms with van der Waals surface area (Å²) in [5, 5.41) is 3.47. The smallest absolute Gasteiger partial charge is 0.222 e. The second-order valence-corrected chi connectivity index (χ2v) is 8.34. The van der Waals surface area contributed by atoms with E-state index < -0.39 is 0 Å². The highest BCUT2D eigenvalue weighted by atomic mass is 35.5. The van der Waals surface area contributed by atoms with Crippen molar-refractivity contribution in [3.63, 3.8) is 0 Å². The molecule has 1 fully saturated rings. The molecule has 3 rings (SSSR count). The van der Waals surface area contributed by atoms with E-state index in [1.54, 1.807) is 7.05 Å². The Morgan fingerprint density at radius 3 is 2.41 bits per heavy atom. The van der Waals surface area contributed by atoms with Gasteiger partial charge in [-0.25, -0.2) is 0 Å². The Balaban J connectivity index is 1.59. The Morgan fingerprint density at radius 1 is 1.14 bits per heavy atom. The molecular formula is C23H30ClN3O2. The number of rotatable bonds is 7. The van der Waals surface area contributed by atoms with Crippen LogP contribution in [0.2, 0.25) is 5.02 Å². The first-order chi connectivity index (χ1) is 13.9. The molecule has 0 atom stereocenters. The summed E-state index contributed by atoms with van der Waals surface area (Å²) in [4.78, 5) is 26.9. The minimum Gasteiger partial charge on any atom is -0.359 e. The molecule has 5 nitrogen and oxygen atoms in total. The van der Waals surface area contributed by atoms with E-state index >= 15 is 0 Å². The lowest BCUT2D eigenvalue weighted by molar-refractivity contribution is -0.125. The molecule has 0 radical (unpaired) electrons. The van der Waals surface area contributed by atoms with Crippen LogP contribution in [0.5, 0.6) is 0 Å². The van der Waals surface area contributed by atoms with E-state index in [0.29, 0.717) is 6.54 Å². The van der Waals surface area contributed by atoms with Gasteiger partial charge < -0.3 is 9.88 Å². The third-order valence-electron chi connectivity index (χ3n) is 5.98. The summed E-state index contributed by atoms with van der Waals surface area (Å²) >= 11 is 5.96. The van der Waals surface area contributed by atoms with Crippen molar-refractivity contribution < 1.29 is 9.59 Å². The molecule has 29 heavy (non-hydrogen) atoms. The number of likely N-dealkylation sites (tertiary alicyclic amines) is 1. The van der Waals surface area contributed by atoms with Crippen LogP contribution in [0, 0.1) is 19.8 Å². The number of aryl methyl sites for hydroxylation is 2. The topological polar surface area (TPSA) is 54.3 Å². The number of ketones is 1. The van der Waals surface area contributed by atoms with Crippen molar-refractivity contribution in [3.8, 4) is 0 Å². The summed E-state index contributed by atoms with van der Waals surface area (Å²) in [7, 11) is 1.68. The van der Waals surface area contributed by atoms with Crippen LogP contribution in [-0.4, -0.2) is 47.8 Å². The second kappa shape index (κ2) is 9.59. The highest BCUT2D eigenvalue weighted by Crippen LogP contribution is 2.21. The van der Waals surface area contributed by atoms with Crippen LogP contribution in [0.25, 0.3) is 0 Å². The second-order valence-electron chi connectivity index (χ2n) is 7.90. The first-order valence-corrected chi connectivity index (χ1v) is 10.6. The summed E-state index contributed by atoms with van der Waals surface area (Å²) in [6, 6.07) is 9.93. The third kappa shape index (κ3) is 5.28. The summed E-state index contributed by atoms with van der Waals surface area (Å²) in [6.07, 6.45) is 2.52. The number of nitrogens with one attached hydrogen (secondary N) is 1. The van der Waals surface area contributed by atoms with E-state index in [-0.39, 0.29) is 17.6 Å². The number of hydrogen-bond donors (Lipinski definition) is 1. The lowest BCUT2D eigenvalue weighted by Gasteiger charge is -2.30. The molecule has 0 spiro atoms. The fourth-order valence-corrected chi connectivity index (χ4v) is 4.29. The first-order valence-electron chi connectivity index (χ1n) is 10.3. The van der Waals surface area contributed by atoms with Gasteiger partial charge in [0.25, 0.3) is 0 Å². The van der Waals surface area contributed by atoms with Crippen LogP contribution in [0.3, 0.4) is 0 Å². The number of benzene rings is 1. The van der Waals surface area contributed by atoms with E-state index in [2.05, 4.69) is 21.7 Å². The number of amides is 1. The molecule has 1 amide bonds. The summed E-state index contributed by atoms with van der Waals surface area (Å²) in [5.74, 6) is 0.346. The summed E-state index contributed by atoms with van der Waals surface area (Å²) in [5.41, 5.74) is 4.18. The third-order valence-corrected chi connectivity index (χ3v) is 6.24. The van der Waals surface area contributed by atoms with Crippen molar-refractivity contribution in [2.75, 3.05) is 26.7 Å². The molecular weight excluding hydrogens is 386 g/mol. The average molecular weight is 416 g/mol. The van der Waals surface area contributed by atoms with Gasteiger partial charge in [0.15, 0.2) is 5.78 Å². The molecule has 156 valence electrons. The normalized spacial score (nSPS) is 15.4. The van der Waals surface area contributed by atoms with E-state index in [9.17, 15) is 9.59 Å². The molecule has 1 aliphatic heterocycles. The minimum atomic E-state index is 0.0734. The first kappa shape index (κ1) is 21.6. The number of hydrogen-bond acceptors (Lipinski definition) is 3. The molecule has 1 aromatic heterocycles. The maximum atomic E-state index is 12.9. The number of aromatic nitrogens is 1. The number of halogens is 1. The van der Waals surface area contributed by atoms with Crippen molar-refractivity contribution >= 4 is 23.3 Å². The maximum Gasteiger partial charge on any atom is 0.222 e. The van der Waals surface area contributed by atoms with Crippen molar-refractivity contribution in [1.82, 2.24) is 14.8 Å². The Bertz CT molecular complexity index is 865. The van der Waals surface area contributed by atoms with Crippen LogP contribution >= 0.6 is 11.6 Å². The molecule has 1 aromatic carbocycles. The minimum absolute atomic E-state index is 0.0734. The average Bonchev–Trinajstić information content (AvgIpc) is 3.01. The largest absolute Gasteiger partial charge is 0.359 e. The van der Waals surface area contributed by atoms with E-state index in [1.165, 1.54) is 5.56 Å². The molecule has 0 bridgehead atoms. The molecule has 2 aromatic rings. The number of nitrogens with zero attached hydrogens (tertiary/aromatic N) is 2. The van der Waals surface area contributed by atoms with E-state index in [1.807, 2.05) is 37.3 Å². The SMILES string of the molecule is CNC(=O)C1CCN(CC(=O)c2cc(C)n(CCc3ccc(Cl)cc3)c2C)CC1. The standard InChI is InChI=1S/C23H30ClN3O2/c1-16-14-21(17(2)27(16)13-8-18-4-6-20(24)7-5-18)22(28)15-26-11-9-19(10-12-26)23(29)25-3/h4-7,14,19H,8-13,15H2,1-3H3,(H,25,29). The Morgan fingerprint density at radius 2 is 1.79 bits per heavy atom. The monoisotopic (exact) mass is 415 g/mol. The van der Waals surface area contributed by atoms with Crippen LogP contribution in [0.1, 0.15) is 40.2 Å². The summed E-state index contributed by atoms with van der Waals surface area (Å²) in [6.45, 7) is 6.92. The van der Waals surface area contributed by atoms with Gasteiger partial charge in [-0.05, 0) is 70.0 Å². The Hall–Kier alpha value is -2.11. The van der Waals surface area contributed by atoms with Gasteiger partial charge >= 0.3 is 0 Å². The van der Waals surface area contributed by atoms with Crippen LogP contribution < -0.4 is 5.32 Å². The Kier molecular flexibility index (Phi) is 7.14. The molecule has 0 saturated carbocycles. The Labute approximate surface area is 178 Å². The van der Waals surface area contributed by atoms with Crippen molar-refractivity contribution in [2.45, 2.75) is 39.7 Å². The zero-order valence-electron chi connectivity index (χ0n) is 17.5. The van der Waals surface area contributed by atoms with Gasteiger partial charge in [-0.2, -0.15) is 0 Å². The van der Waals surface area contributed by atoms with Crippen LogP contribution in [0.4, 0.5) is 0 Å². The lowest BCUT2D eigenvalue weighted by atomic mass is 9.95. The quantitative estimate of drug-likeness (QED) is 0.702. The van der Waals surface area contributed by atoms with Gasteiger partial charge in [-0.15, -0.1) is 0 Å². The van der Waals surface area contributed by atoms with Gasteiger partial charge in [0.2, 0.25) is 5.91 Å². The fourth-order valence-electron chi connectivity index (χ4n) is 4.17. The fraction of sp³-hybridized carbons (Fsp3) is 0.478. The molecule has 1 N–H and O–H groups in total. The van der Waals surface area contributed by atoms with Gasteiger partial charge in [0, 0.05) is 41.5 Å². The molecule has 2 heterocycles. The maximum absolute atomic E-state index is 12.9. The van der Waals surface area contributed by atoms with Crippen molar-refractivity contribution in [3.05, 3.63) is 57.9 Å². The zero-order valence-corrected chi connectivity index (χ0v) is 18.3. The van der Waals surface area contributed by atoms with Gasteiger partial charge in [0.05, 0.1) is 6.54 Å². The van der Waals surface area contributed by atoms with E-state index in [0.717, 1.165) is 60.9 Å². The van der Waals surface area contributed by atoms with E-state index in [4.69, 9.17) is 11.6 Å². The summed E-state index contributed by atoms with van der Waals surface area (Å²) < 4.78 is 2.22. The molecule has 0 aliphatic carbocycles. The van der Waals surface area contributed by atoms with Crippen LogP contribution in [-0.2, 0) is 17.8 Å². The van der Waals surface area contributed by atoms with Gasteiger partial charge in [-0.3, -0.25) is 14.5 Å². The molecule has 1 saturated heterocycles. The predicted molar refractivity (Wildman–Crippen MR) is 117 cm³/mol. The molecule has 0 unspecified atom stereocenters. The predicted octanol–water partition coefficient (Wildman–Crippen LogP) is 3.64. The highest BCUT2D eigenvalue weighted by Gasteiger charge is 2.26. The highest BCUT2D eigenvalue weighted by molar-refractivity contribution is 6.30. The van der Waals surface area contributed by atoms with Crippen LogP contribution in [0.15, 0.2) is 30.3 Å². The number of carbonyl (C=O) groups excluding carboxylic acids is 2. The number of piperidine rings is 1. The van der Waals surface area contributed by atoms with Crippen molar-refractivity contribution in [1.29, 1.82) is 0 Å². The number of carbonyl (C=O) groups is 2. The molecule has 6 heteroatoms. The zero-order chi connectivity index (χ0) is 21.0. The van der Waals surface area contributed by atoms with Gasteiger partial charge in [-0.1, -0.05) is 23.7 Å². The van der Waals surface area contributed by atoms with Crippen molar-refractivity contribution in [2.24, 2.45) is 5.92 Å². The number of Topliss-reactive ketones (excluding diaryl/α,β-unsaturated/α-hetero) is 1.